The molecule has 0 aliphatic heterocycles. The Bertz CT molecular complexity index is 527. The summed E-state index contributed by atoms with van der Waals surface area (Å²) in [6.45, 7) is 3.70. The Balaban J connectivity index is 2.92. The maximum Gasteiger partial charge on any atom is 0.265 e. The van der Waals surface area contributed by atoms with Crippen molar-refractivity contribution >= 4 is 31.9 Å². The smallest absolute Gasteiger partial charge is 0.265 e. The molecular weight excluding hydrogens is 320 g/mol. The quantitative estimate of drug-likeness (QED) is 0.894. The van der Waals surface area contributed by atoms with Crippen LogP contribution in [0.15, 0.2) is 27.8 Å². The van der Waals surface area contributed by atoms with E-state index in [9.17, 15) is 13.2 Å². The van der Waals surface area contributed by atoms with Gasteiger partial charge in [-0.05, 0) is 34.8 Å². The highest BCUT2D eigenvalue weighted by molar-refractivity contribution is 9.10. The number of carbonyl (C=O) groups excluding carboxylic acids is 1. The lowest BCUT2D eigenvalue weighted by Crippen LogP contribution is -2.35. The van der Waals surface area contributed by atoms with Gasteiger partial charge < -0.3 is 0 Å². The van der Waals surface area contributed by atoms with Gasteiger partial charge in [-0.2, -0.15) is 0 Å². The first-order chi connectivity index (χ1) is 8.40. The van der Waals surface area contributed by atoms with Gasteiger partial charge in [-0.15, -0.1) is 0 Å². The SMILES string of the molecule is CCC(CC)C(=O)NS(=O)(=O)c1cncc(Br)c1. The molecule has 0 atom stereocenters. The van der Waals surface area contributed by atoms with Crippen LogP contribution in [0, 0.1) is 5.92 Å². The number of nitrogens with zero attached hydrogens (tertiary/aromatic N) is 1. The molecule has 18 heavy (non-hydrogen) atoms. The highest BCUT2D eigenvalue weighted by Gasteiger charge is 2.22. The average Bonchev–Trinajstić information content (AvgIpc) is 2.30. The Kier molecular flexibility index (Phi) is 5.28. The van der Waals surface area contributed by atoms with Crippen molar-refractivity contribution in [3.05, 3.63) is 22.9 Å². The molecule has 0 spiro atoms. The van der Waals surface area contributed by atoms with Gasteiger partial charge in [0.15, 0.2) is 0 Å². The summed E-state index contributed by atoms with van der Waals surface area (Å²) in [7, 11) is -3.84. The van der Waals surface area contributed by atoms with E-state index in [-0.39, 0.29) is 10.8 Å². The van der Waals surface area contributed by atoms with E-state index in [0.29, 0.717) is 17.3 Å². The van der Waals surface area contributed by atoms with Crippen molar-refractivity contribution in [1.82, 2.24) is 9.71 Å². The highest BCUT2D eigenvalue weighted by atomic mass is 79.9. The molecule has 0 radical (unpaired) electrons. The Morgan fingerprint density at radius 2 is 2.00 bits per heavy atom. The summed E-state index contributed by atoms with van der Waals surface area (Å²) in [5.41, 5.74) is 0. The molecule has 0 unspecified atom stereocenters. The van der Waals surface area contributed by atoms with Crippen LogP contribution in [0.4, 0.5) is 0 Å². The van der Waals surface area contributed by atoms with Crippen LogP contribution in [-0.4, -0.2) is 19.3 Å². The molecule has 100 valence electrons. The standard InChI is InChI=1S/C11H15BrN2O3S/c1-3-8(4-2)11(15)14-18(16,17)10-5-9(12)6-13-7-10/h5-8H,3-4H2,1-2H3,(H,14,15). The molecule has 1 aromatic heterocycles. The van der Waals surface area contributed by atoms with Gasteiger partial charge in [0.25, 0.3) is 10.0 Å². The molecule has 0 bridgehead atoms. The van der Waals surface area contributed by atoms with Crippen LogP contribution < -0.4 is 4.72 Å². The summed E-state index contributed by atoms with van der Waals surface area (Å²) in [5, 5.41) is 0. The van der Waals surface area contributed by atoms with E-state index < -0.39 is 15.9 Å². The van der Waals surface area contributed by atoms with Crippen LogP contribution in [0.5, 0.6) is 0 Å². The lowest BCUT2D eigenvalue weighted by Gasteiger charge is -2.12. The third-order valence-corrected chi connectivity index (χ3v) is 4.33. The molecule has 1 aromatic rings. The van der Waals surface area contributed by atoms with Crippen LogP contribution in [0.3, 0.4) is 0 Å². The molecule has 1 N–H and O–H groups in total. The first kappa shape index (κ1) is 15.1. The van der Waals surface area contributed by atoms with Gasteiger partial charge in [0.1, 0.15) is 4.90 Å². The zero-order valence-corrected chi connectivity index (χ0v) is 12.6. The number of nitrogens with one attached hydrogen (secondary N) is 1. The largest absolute Gasteiger partial charge is 0.274 e. The second-order valence-electron chi connectivity index (χ2n) is 3.82. The van der Waals surface area contributed by atoms with E-state index in [1.165, 1.54) is 18.5 Å². The second-order valence-corrected chi connectivity index (χ2v) is 6.42. The predicted molar refractivity (Wildman–Crippen MR) is 71.3 cm³/mol. The summed E-state index contributed by atoms with van der Waals surface area (Å²) in [6, 6.07) is 1.40. The molecule has 0 saturated heterocycles. The Labute approximate surface area is 115 Å². The van der Waals surface area contributed by atoms with E-state index in [1.54, 1.807) is 0 Å². The molecule has 0 aromatic carbocycles. The Morgan fingerprint density at radius 1 is 1.39 bits per heavy atom. The van der Waals surface area contributed by atoms with Crippen molar-refractivity contribution in [3.8, 4) is 0 Å². The fourth-order valence-electron chi connectivity index (χ4n) is 1.47. The van der Waals surface area contributed by atoms with Crippen LogP contribution >= 0.6 is 15.9 Å². The topological polar surface area (TPSA) is 76.1 Å². The van der Waals surface area contributed by atoms with E-state index in [4.69, 9.17) is 0 Å². The number of carbonyl (C=O) groups is 1. The molecule has 0 aliphatic rings. The molecule has 7 heteroatoms. The zero-order valence-electron chi connectivity index (χ0n) is 10.2. The zero-order chi connectivity index (χ0) is 13.8. The van der Waals surface area contributed by atoms with Crippen LogP contribution in [0.25, 0.3) is 0 Å². The van der Waals surface area contributed by atoms with Gasteiger partial charge in [0.2, 0.25) is 5.91 Å². The van der Waals surface area contributed by atoms with Crippen molar-refractivity contribution in [1.29, 1.82) is 0 Å². The third kappa shape index (κ3) is 3.78. The number of hydrogen-bond acceptors (Lipinski definition) is 4. The maximum absolute atomic E-state index is 11.9. The van der Waals surface area contributed by atoms with Gasteiger partial charge in [-0.1, -0.05) is 13.8 Å². The summed E-state index contributed by atoms with van der Waals surface area (Å²) in [5.74, 6) is -0.764. The van der Waals surface area contributed by atoms with Crippen molar-refractivity contribution in [3.63, 3.8) is 0 Å². The minimum atomic E-state index is -3.84. The lowest BCUT2D eigenvalue weighted by molar-refractivity contribution is -0.123. The number of pyridine rings is 1. The van der Waals surface area contributed by atoms with Crippen LogP contribution in [0.1, 0.15) is 26.7 Å². The molecule has 0 fully saturated rings. The first-order valence-electron chi connectivity index (χ1n) is 5.58. The number of sulfonamides is 1. The number of amides is 1. The van der Waals surface area contributed by atoms with Crippen LogP contribution in [0.2, 0.25) is 0 Å². The summed E-state index contributed by atoms with van der Waals surface area (Å²) < 4.78 is 26.5. The predicted octanol–water partition coefficient (Wildman–Crippen LogP) is 2.09. The van der Waals surface area contributed by atoms with Gasteiger partial charge >= 0.3 is 0 Å². The highest BCUT2D eigenvalue weighted by Crippen LogP contribution is 2.15. The van der Waals surface area contributed by atoms with Gasteiger partial charge in [0.05, 0.1) is 0 Å². The molecule has 0 aliphatic carbocycles. The summed E-state index contributed by atoms with van der Waals surface area (Å²) in [4.78, 5) is 15.5. The van der Waals surface area contributed by atoms with Gasteiger partial charge in [-0.25, -0.2) is 13.1 Å². The number of aromatic nitrogens is 1. The van der Waals surface area contributed by atoms with Crippen molar-refractivity contribution in [2.45, 2.75) is 31.6 Å². The van der Waals surface area contributed by atoms with Crippen molar-refractivity contribution in [2.24, 2.45) is 5.92 Å². The average molecular weight is 335 g/mol. The lowest BCUT2D eigenvalue weighted by atomic mass is 10.0. The molecule has 1 rings (SSSR count). The van der Waals surface area contributed by atoms with Crippen LogP contribution in [-0.2, 0) is 14.8 Å². The normalized spacial score (nSPS) is 11.6. The van der Waals surface area contributed by atoms with Crippen molar-refractivity contribution in [2.75, 3.05) is 0 Å². The number of rotatable bonds is 5. The fraction of sp³-hybridized carbons (Fsp3) is 0.455. The number of halogens is 1. The van der Waals surface area contributed by atoms with Gasteiger partial charge in [-0.3, -0.25) is 9.78 Å². The van der Waals surface area contributed by atoms with E-state index in [1.807, 2.05) is 13.8 Å². The monoisotopic (exact) mass is 334 g/mol. The molecule has 0 saturated carbocycles. The summed E-state index contributed by atoms with van der Waals surface area (Å²) in [6.07, 6.45) is 3.89. The molecular formula is C11H15BrN2O3S. The second kappa shape index (κ2) is 6.29. The molecule has 5 nitrogen and oxygen atoms in total. The molecule has 1 heterocycles. The maximum atomic E-state index is 11.9. The first-order valence-corrected chi connectivity index (χ1v) is 7.85. The van der Waals surface area contributed by atoms with E-state index in [0.717, 1.165) is 0 Å². The number of hydrogen-bond donors (Lipinski definition) is 1. The van der Waals surface area contributed by atoms with E-state index in [2.05, 4.69) is 25.6 Å². The van der Waals surface area contributed by atoms with E-state index >= 15 is 0 Å². The molecule has 1 amide bonds. The van der Waals surface area contributed by atoms with Gasteiger partial charge in [0, 0.05) is 22.8 Å². The Morgan fingerprint density at radius 3 is 2.50 bits per heavy atom. The minimum Gasteiger partial charge on any atom is -0.274 e. The third-order valence-electron chi connectivity index (χ3n) is 2.58. The Hall–Kier alpha value is -0.950. The summed E-state index contributed by atoms with van der Waals surface area (Å²) >= 11 is 3.14. The minimum absolute atomic E-state index is 0.0313. The van der Waals surface area contributed by atoms with Crippen molar-refractivity contribution < 1.29 is 13.2 Å². The fourth-order valence-corrected chi connectivity index (χ4v) is 3.02.